The Bertz CT molecular complexity index is 750. The summed E-state index contributed by atoms with van der Waals surface area (Å²) in [5, 5.41) is 3.32. The van der Waals surface area contributed by atoms with Gasteiger partial charge in [-0.25, -0.2) is 4.98 Å². The number of piperidine rings is 1. The van der Waals surface area contributed by atoms with Gasteiger partial charge in [0.15, 0.2) is 0 Å². The van der Waals surface area contributed by atoms with Crippen molar-refractivity contribution in [3.63, 3.8) is 0 Å². The maximum atomic E-state index is 12.9. The summed E-state index contributed by atoms with van der Waals surface area (Å²) in [6.07, 6.45) is 6.88. The van der Waals surface area contributed by atoms with Crippen LogP contribution in [0.1, 0.15) is 63.6 Å². The van der Waals surface area contributed by atoms with Crippen molar-refractivity contribution in [1.82, 2.24) is 15.3 Å². The van der Waals surface area contributed by atoms with E-state index in [1.54, 1.807) is 18.6 Å². The minimum absolute atomic E-state index is 0.0479. The molecule has 1 amide bonds. The van der Waals surface area contributed by atoms with E-state index in [0.29, 0.717) is 11.8 Å². The number of nitrogens with zero attached hydrogens (tertiary/aromatic N) is 3. The molecule has 3 rings (SSSR count). The van der Waals surface area contributed by atoms with Gasteiger partial charge in [0.1, 0.15) is 5.82 Å². The first-order valence-corrected chi connectivity index (χ1v) is 10.4. The number of hydrogen-bond acceptors (Lipinski definition) is 4. The Morgan fingerprint density at radius 3 is 2.21 bits per heavy atom. The molecule has 1 N–H and O–H groups in total. The fourth-order valence-electron chi connectivity index (χ4n) is 3.82. The predicted molar refractivity (Wildman–Crippen MR) is 113 cm³/mol. The highest BCUT2D eigenvalue weighted by Crippen LogP contribution is 2.26. The van der Waals surface area contributed by atoms with E-state index < -0.39 is 0 Å². The van der Waals surface area contributed by atoms with Crippen molar-refractivity contribution in [3.8, 4) is 0 Å². The van der Waals surface area contributed by atoms with E-state index in [9.17, 15) is 4.79 Å². The molecular formula is C23H32N4O. The Balaban J connectivity index is 1.60. The molecule has 1 aromatic heterocycles. The number of benzene rings is 1. The minimum atomic E-state index is 0.0479. The van der Waals surface area contributed by atoms with E-state index >= 15 is 0 Å². The topological polar surface area (TPSA) is 58.1 Å². The molecule has 0 bridgehead atoms. The lowest BCUT2D eigenvalue weighted by Gasteiger charge is -2.33. The summed E-state index contributed by atoms with van der Waals surface area (Å²) in [5.41, 5.74) is 2.51. The Kier molecular flexibility index (Phi) is 6.65. The first-order valence-electron chi connectivity index (χ1n) is 10.4. The molecule has 5 nitrogen and oxygen atoms in total. The standard InChI is InChI=1S/C23H32N4O/c1-16(2)18-5-7-19(8-6-18)22(17(3)4)26-23(28)20-9-13-27(14-10-20)21-15-24-11-12-25-21/h5-8,11-12,15-17,20,22H,9-10,13-14H2,1-4H3,(H,26,28)/t22-/m1/s1. The smallest absolute Gasteiger partial charge is 0.223 e. The summed E-state index contributed by atoms with van der Waals surface area (Å²) in [4.78, 5) is 23.7. The van der Waals surface area contributed by atoms with Crippen LogP contribution in [0.4, 0.5) is 5.82 Å². The molecular weight excluding hydrogens is 348 g/mol. The second-order valence-electron chi connectivity index (χ2n) is 8.38. The van der Waals surface area contributed by atoms with Crippen molar-refractivity contribution < 1.29 is 4.79 Å². The molecule has 0 saturated carbocycles. The molecule has 1 aromatic carbocycles. The average Bonchev–Trinajstić information content (AvgIpc) is 2.72. The van der Waals surface area contributed by atoms with Gasteiger partial charge in [-0.05, 0) is 35.8 Å². The zero-order chi connectivity index (χ0) is 20.1. The Morgan fingerprint density at radius 2 is 1.68 bits per heavy atom. The van der Waals surface area contributed by atoms with Crippen molar-refractivity contribution in [3.05, 3.63) is 54.0 Å². The fourth-order valence-corrected chi connectivity index (χ4v) is 3.82. The van der Waals surface area contributed by atoms with Crippen LogP contribution in [0.5, 0.6) is 0 Å². The van der Waals surface area contributed by atoms with Crippen molar-refractivity contribution >= 4 is 11.7 Å². The van der Waals surface area contributed by atoms with Crippen LogP contribution in [-0.2, 0) is 4.79 Å². The van der Waals surface area contributed by atoms with Gasteiger partial charge in [-0.15, -0.1) is 0 Å². The Labute approximate surface area is 168 Å². The maximum Gasteiger partial charge on any atom is 0.223 e. The van der Waals surface area contributed by atoms with Gasteiger partial charge in [0.05, 0.1) is 12.2 Å². The SMILES string of the molecule is CC(C)c1ccc([C@H](NC(=O)C2CCN(c3cnccn3)CC2)C(C)C)cc1. The van der Waals surface area contributed by atoms with Crippen molar-refractivity contribution in [2.75, 3.05) is 18.0 Å². The fraction of sp³-hybridized carbons (Fsp3) is 0.522. The average molecular weight is 381 g/mol. The van der Waals surface area contributed by atoms with Gasteiger partial charge in [-0.2, -0.15) is 0 Å². The molecule has 0 radical (unpaired) electrons. The maximum absolute atomic E-state index is 12.9. The molecule has 150 valence electrons. The number of carbonyl (C=O) groups is 1. The number of hydrogen-bond donors (Lipinski definition) is 1. The highest BCUT2D eigenvalue weighted by Gasteiger charge is 2.28. The van der Waals surface area contributed by atoms with Gasteiger partial charge in [0.25, 0.3) is 0 Å². The molecule has 0 aliphatic carbocycles. The molecule has 28 heavy (non-hydrogen) atoms. The molecule has 2 aromatic rings. The second kappa shape index (κ2) is 9.18. The van der Waals surface area contributed by atoms with Crippen LogP contribution >= 0.6 is 0 Å². The summed E-state index contributed by atoms with van der Waals surface area (Å²) in [7, 11) is 0. The van der Waals surface area contributed by atoms with Gasteiger partial charge in [0, 0.05) is 31.4 Å². The zero-order valence-corrected chi connectivity index (χ0v) is 17.4. The number of nitrogens with one attached hydrogen (secondary N) is 1. The van der Waals surface area contributed by atoms with Crippen molar-refractivity contribution in [2.24, 2.45) is 11.8 Å². The molecule has 1 fully saturated rings. The highest BCUT2D eigenvalue weighted by molar-refractivity contribution is 5.79. The van der Waals surface area contributed by atoms with Crippen LogP contribution in [0.25, 0.3) is 0 Å². The highest BCUT2D eigenvalue weighted by atomic mass is 16.2. The number of aromatic nitrogens is 2. The second-order valence-corrected chi connectivity index (χ2v) is 8.38. The number of carbonyl (C=O) groups excluding carboxylic acids is 1. The first-order chi connectivity index (χ1) is 13.5. The Morgan fingerprint density at radius 1 is 1.04 bits per heavy atom. The summed E-state index contributed by atoms with van der Waals surface area (Å²) < 4.78 is 0. The number of rotatable bonds is 6. The van der Waals surface area contributed by atoms with Crippen LogP contribution in [0, 0.1) is 11.8 Å². The molecule has 1 atom stereocenters. The summed E-state index contributed by atoms with van der Waals surface area (Å²) in [5.74, 6) is 1.98. The monoisotopic (exact) mass is 380 g/mol. The van der Waals surface area contributed by atoms with Crippen LogP contribution in [0.3, 0.4) is 0 Å². The van der Waals surface area contributed by atoms with Gasteiger partial charge in [-0.3, -0.25) is 9.78 Å². The van der Waals surface area contributed by atoms with Crippen LogP contribution in [0.2, 0.25) is 0 Å². The van der Waals surface area contributed by atoms with Gasteiger partial charge >= 0.3 is 0 Å². The summed E-state index contributed by atoms with van der Waals surface area (Å²) >= 11 is 0. The van der Waals surface area contributed by atoms with Crippen LogP contribution in [-0.4, -0.2) is 29.0 Å². The van der Waals surface area contributed by atoms with E-state index in [1.165, 1.54) is 11.1 Å². The van der Waals surface area contributed by atoms with Gasteiger partial charge in [-0.1, -0.05) is 52.0 Å². The van der Waals surface area contributed by atoms with Crippen molar-refractivity contribution in [1.29, 1.82) is 0 Å². The first kappa shape index (κ1) is 20.3. The lowest BCUT2D eigenvalue weighted by molar-refractivity contribution is -0.126. The summed E-state index contributed by atoms with van der Waals surface area (Å²) in [6, 6.07) is 8.74. The third-order valence-electron chi connectivity index (χ3n) is 5.67. The number of anilines is 1. The molecule has 1 saturated heterocycles. The van der Waals surface area contributed by atoms with E-state index in [0.717, 1.165) is 31.7 Å². The third-order valence-corrected chi connectivity index (χ3v) is 5.67. The van der Waals surface area contributed by atoms with E-state index in [1.807, 2.05) is 0 Å². The lowest BCUT2D eigenvalue weighted by Crippen LogP contribution is -2.42. The normalized spacial score (nSPS) is 16.4. The molecule has 0 spiro atoms. The molecule has 0 unspecified atom stereocenters. The molecule has 5 heteroatoms. The van der Waals surface area contributed by atoms with Gasteiger partial charge < -0.3 is 10.2 Å². The Hall–Kier alpha value is -2.43. The third kappa shape index (κ3) is 4.89. The van der Waals surface area contributed by atoms with Crippen molar-refractivity contribution in [2.45, 2.75) is 52.5 Å². The van der Waals surface area contributed by atoms with E-state index in [4.69, 9.17) is 0 Å². The van der Waals surface area contributed by atoms with E-state index in [-0.39, 0.29) is 17.9 Å². The molecule has 1 aliphatic rings. The number of amides is 1. The quantitative estimate of drug-likeness (QED) is 0.810. The van der Waals surface area contributed by atoms with E-state index in [2.05, 4.69) is 72.1 Å². The summed E-state index contributed by atoms with van der Waals surface area (Å²) in [6.45, 7) is 10.4. The van der Waals surface area contributed by atoms with Crippen LogP contribution in [0.15, 0.2) is 42.9 Å². The van der Waals surface area contributed by atoms with Crippen LogP contribution < -0.4 is 10.2 Å². The molecule has 1 aliphatic heterocycles. The predicted octanol–water partition coefficient (Wildman–Crippen LogP) is 4.33. The van der Waals surface area contributed by atoms with Gasteiger partial charge in [0.2, 0.25) is 5.91 Å². The zero-order valence-electron chi connectivity index (χ0n) is 17.4. The largest absolute Gasteiger partial charge is 0.355 e. The molecule has 2 heterocycles. The lowest BCUT2D eigenvalue weighted by atomic mass is 9.91. The minimum Gasteiger partial charge on any atom is -0.355 e.